The molecule has 5 nitrogen and oxygen atoms in total. The van der Waals surface area contributed by atoms with Crippen molar-refractivity contribution in [1.82, 2.24) is 14.8 Å². The lowest BCUT2D eigenvalue weighted by Crippen LogP contribution is -2.41. The molecule has 0 saturated heterocycles. The standard InChI is InChI=1S/C12H15N3O2/c1-10(16)12(17,7-15-9-13-8-14-15)11-5-3-2-4-6-11/h2-6,8-10,16-17H,7H2,1H3. The molecule has 1 aromatic heterocycles. The first-order valence-electron chi connectivity index (χ1n) is 5.41. The van der Waals surface area contributed by atoms with Crippen LogP contribution in [0.2, 0.25) is 0 Å². The summed E-state index contributed by atoms with van der Waals surface area (Å²) in [5.41, 5.74) is -0.708. The molecule has 0 bridgehead atoms. The van der Waals surface area contributed by atoms with Crippen molar-refractivity contribution in [2.24, 2.45) is 0 Å². The fourth-order valence-corrected chi connectivity index (χ4v) is 1.75. The SMILES string of the molecule is CC(O)C(O)(Cn1cncn1)c1ccccc1. The molecular formula is C12H15N3O2. The molecule has 17 heavy (non-hydrogen) atoms. The van der Waals surface area contributed by atoms with E-state index in [2.05, 4.69) is 10.1 Å². The summed E-state index contributed by atoms with van der Waals surface area (Å²) in [6.07, 6.45) is 2.00. The quantitative estimate of drug-likeness (QED) is 0.809. The molecule has 0 amide bonds. The van der Waals surface area contributed by atoms with Crippen molar-refractivity contribution in [3.05, 3.63) is 48.5 Å². The molecule has 0 aliphatic heterocycles. The third kappa shape index (κ3) is 2.35. The zero-order valence-electron chi connectivity index (χ0n) is 9.56. The van der Waals surface area contributed by atoms with Gasteiger partial charge in [-0.2, -0.15) is 5.10 Å². The van der Waals surface area contributed by atoms with E-state index in [1.807, 2.05) is 18.2 Å². The number of rotatable bonds is 4. The third-order valence-corrected chi connectivity index (χ3v) is 2.83. The number of hydrogen-bond donors (Lipinski definition) is 2. The average Bonchev–Trinajstić information content (AvgIpc) is 2.82. The van der Waals surface area contributed by atoms with Crippen LogP contribution in [-0.2, 0) is 12.1 Å². The van der Waals surface area contributed by atoms with E-state index in [1.54, 1.807) is 19.1 Å². The monoisotopic (exact) mass is 233 g/mol. The fourth-order valence-electron chi connectivity index (χ4n) is 1.75. The number of benzene rings is 1. The summed E-state index contributed by atoms with van der Waals surface area (Å²) >= 11 is 0. The normalized spacial score (nSPS) is 16.4. The van der Waals surface area contributed by atoms with Crippen LogP contribution in [0.15, 0.2) is 43.0 Å². The number of aromatic nitrogens is 3. The Kier molecular flexibility index (Phi) is 3.21. The van der Waals surface area contributed by atoms with E-state index in [9.17, 15) is 10.2 Å². The summed E-state index contributed by atoms with van der Waals surface area (Å²) in [7, 11) is 0. The van der Waals surface area contributed by atoms with Crippen molar-refractivity contribution >= 4 is 0 Å². The van der Waals surface area contributed by atoms with Crippen LogP contribution in [0, 0.1) is 0 Å². The molecule has 0 spiro atoms. The van der Waals surface area contributed by atoms with Crippen molar-refractivity contribution in [1.29, 1.82) is 0 Å². The summed E-state index contributed by atoms with van der Waals surface area (Å²) < 4.78 is 1.50. The highest BCUT2D eigenvalue weighted by atomic mass is 16.3. The molecule has 0 aliphatic carbocycles. The highest BCUT2D eigenvalue weighted by Crippen LogP contribution is 2.26. The van der Waals surface area contributed by atoms with Crippen LogP contribution >= 0.6 is 0 Å². The fraction of sp³-hybridized carbons (Fsp3) is 0.333. The van der Waals surface area contributed by atoms with Crippen LogP contribution in [0.4, 0.5) is 0 Å². The van der Waals surface area contributed by atoms with Gasteiger partial charge in [-0.1, -0.05) is 30.3 Å². The second kappa shape index (κ2) is 4.65. The maximum absolute atomic E-state index is 10.6. The van der Waals surface area contributed by atoms with Crippen molar-refractivity contribution in [2.75, 3.05) is 0 Å². The van der Waals surface area contributed by atoms with Gasteiger partial charge in [0.2, 0.25) is 0 Å². The number of aliphatic hydroxyl groups is 2. The third-order valence-electron chi connectivity index (χ3n) is 2.83. The van der Waals surface area contributed by atoms with Gasteiger partial charge in [0.05, 0.1) is 12.6 Å². The first-order valence-corrected chi connectivity index (χ1v) is 5.41. The largest absolute Gasteiger partial charge is 0.390 e. The molecule has 0 saturated carbocycles. The Morgan fingerprint density at radius 3 is 2.59 bits per heavy atom. The average molecular weight is 233 g/mol. The van der Waals surface area contributed by atoms with E-state index in [-0.39, 0.29) is 6.54 Å². The molecule has 2 rings (SSSR count). The number of hydrogen-bond acceptors (Lipinski definition) is 4. The first kappa shape index (κ1) is 11.8. The summed E-state index contributed by atoms with van der Waals surface area (Å²) in [5.74, 6) is 0. The first-order chi connectivity index (χ1) is 8.13. The predicted octanol–water partition coefficient (Wildman–Crippen LogP) is 0.547. The van der Waals surface area contributed by atoms with E-state index >= 15 is 0 Å². The van der Waals surface area contributed by atoms with E-state index in [1.165, 1.54) is 17.3 Å². The van der Waals surface area contributed by atoms with Gasteiger partial charge in [-0.25, -0.2) is 9.67 Å². The van der Waals surface area contributed by atoms with Gasteiger partial charge in [0, 0.05) is 0 Å². The minimum atomic E-state index is -1.37. The second-order valence-corrected chi connectivity index (χ2v) is 4.06. The Bertz CT molecular complexity index is 456. The molecule has 2 atom stereocenters. The molecule has 1 heterocycles. The molecule has 0 fully saturated rings. The second-order valence-electron chi connectivity index (χ2n) is 4.06. The summed E-state index contributed by atoms with van der Waals surface area (Å²) in [6, 6.07) is 9.07. The van der Waals surface area contributed by atoms with E-state index in [0.29, 0.717) is 5.56 Å². The number of nitrogens with zero attached hydrogens (tertiary/aromatic N) is 3. The molecule has 2 unspecified atom stereocenters. The Morgan fingerprint density at radius 1 is 1.35 bits per heavy atom. The molecule has 90 valence electrons. The summed E-state index contributed by atoms with van der Waals surface area (Å²) in [6.45, 7) is 1.72. The van der Waals surface area contributed by atoms with Crippen molar-refractivity contribution in [2.45, 2.75) is 25.2 Å². The number of aliphatic hydroxyl groups excluding tert-OH is 1. The Morgan fingerprint density at radius 2 is 2.06 bits per heavy atom. The minimum Gasteiger partial charge on any atom is -0.390 e. The molecule has 0 radical (unpaired) electrons. The van der Waals surface area contributed by atoms with Crippen molar-refractivity contribution < 1.29 is 10.2 Å². The van der Waals surface area contributed by atoms with Crippen LogP contribution < -0.4 is 0 Å². The van der Waals surface area contributed by atoms with Crippen molar-refractivity contribution in [3.8, 4) is 0 Å². The zero-order chi connectivity index (χ0) is 12.3. The maximum atomic E-state index is 10.6. The van der Waals surface area contributed by atoms with Gasteiger partial charge in [-0.3, -0.25) is 0 Å². The van der Waals surface area contributed by atoms with Gasteiger partial charge >= 0.3 is 0 Å². The highest BCUT2D eigenvalue weighted by molar-refractivity contribution is 5.23. The topological polar surface area (TPSA) is 71.2 Å². The van der Waals surface area contributed by atoms with Crippen LogP contribution in [0.1, 0.15) is 12.5 Å². The lowest BCUT2D eigenvalue weighted by Gasteiger charge is -2.31. The molecule has 2 N–H and O–H groups in total. The van der Waals surface area contributed by atoms with Gasteiger partial charge in [0.25, 0.3) is 0 Å². The summed E-state index contributed by atoms with van der Waals surface area (Å²) in [4.78, 5) is 3.82. The smallest absolute Gasteiger partial charge is 0.137 e. The molecule has 5 heteroatoms. The Balaban J connectivity index is 2.33. The van der Waals surface area contributed by atoms with Gasteiger partial charge in [-0.05, 0) is 12.5 Å². The lowest BCUT2D eigenvalue weighted by molar-refractivity contribution is -0.0852. The Labute approximate surface area is 99.4 Å². The zero-order valence-corrected chi connectivity index (χ0v) is 9.56. The van der Waals surface area contributed by atoms with Gasteiger partial charge in [-0.15, -0.1) is 0 Å². The molecule has 0 aliphatic rings. The van der Waals surface area contributed by atoms with Crippen LogP contribution in [0.25, 0.3) is 0 Å². The molecular weight excluding hydrogens is 218 g/mol. The minimum absolute atomic E-state index is 0.161. The van der Waals surface area contributed by atoms with Crippen molar-refractivity contribution in [3.63, 3.8) is 0 Å². The summed E-state index contributed by atoms with van der Waals surface area (Å²) in [5, 5.41) is 24.3. The Hall–Kier alpha value is -1.72. The van der Waals surface area contributed by atoms with Gasteiger partial charge in [0.15, 0.2) is 0 Å². The van der Waals surface area contributed by atoms with Crippen LogP contribution in [-0.4, -0.2) is 31.1 Å². The molecule has 1 aromatic carbocycles. The van der Waals surface area contributed by atoms with Gasteiger partial charge < -0.3 is 10.2 Å². The maximum Gasteiger partial charge on any atom is 0.137 e. The predicted molar refractivity (Wildman–Crippen MR) is 62.0 cm³/mol. The highest BCUT2D eigenvalue weighted by Gasteiger charge is 2.35. The van der Waals surface area contributed by atoms with Gasteiger partial charge in [0.1, 0.15) is 18.3 Å². The van der Waals surface area contributed by atoms with E-state index in [4.69, 9.17) is 0 Å². The van der Waals surface area contributed by atoms with Crippen LogP contribution in [0.5, 0.6) is 0 Å². The van der Waals surface area contributed by atoms with E-state index in [0.717, 1.165) is 0 Å². The lowest BCUT2D eigenvalue weighted by atomic mass is 9.89. The molecule has 2 aromatic rings. The van der Waals surface area contributed by atoms with E-state index < -0.39 is 11.7 Å². The van der Waals surface area contributed by atoms with Crippen LogP contribution in [0.3, 0.4) is 0 Å².